The van der Waals surface area contributed by atoms with E-state index in [9.17, 15) is 13.2 Å². The number of thioether (sulfide) groups is 1. The molecule has 0 N–H and O–H groups in total. The topological polar surface area (TPSA) is 69.0 Å². The molecule has 4 rings (SSSR count). The van der Waals surface area contributed by atoms with Gasteiger partial charge in [0.1, 0.15) is 4.70 Å². The summed E-state index contributed by atoms with van der Waals surface area (Å²) < 4.78 is 25.5. The summed E-state index contributed by atoms with van der Waals surface area (Å²) in [5.74, 6) is 0.217. The molecule has 8 heteroatoms. The first-order valence-corrected chi connectivity index (χ1v) is 9.00. The molecule has 0 bridgehead atoms. The largest absolute Gasteiger partial charge is 0.281 e. The van der Waals surface area contributed by atoms with Crippen LogP contribution in [0.4, 0.5) is 0 Å². The molecular weight excluding hydrogens is 292 g/mol. The Hall–Kier alpha value is -0.860. The molecule has 0 unspecified atom stereocenters. The van der Waals surface area contributed by atoms with Gasteiger partial charge in [0.2, 0.25) is 0 Å². The van der Waals surface area contributed by atoms with Gasteiger partial charge in [-0.15, -0.1) is 11.3 Å². The van der Waals surface area contributed by atoms with E-state index >= 15 is 0 Å². The fourth-order valence-electron chi connectivity index (χ4n) is 2.57. The Morgan fingerprint density at radius 2 is 2.22 bits per heavy atom. The predicted octanol–water partition coefficient (Wildman–Crippen LogP) is 0.902. The van der Waals surface area contributed by atoms with Crippen LogP contribution < -0.4 is 5.56 Å². The summed E-state index contributed by atoms with van der Waals surface area (Å²) in [4.78, 5) is 16.8. The number of nitrogens with zero attached hydrogens (tertiary/aromatic N) is 2. The number of hydrogen-bond donors (Lipinski definition) is 0. The van der Waals surface area contributed by atoms with Gasteiger partial charge in [-0.2, -0.15) is 0 Å². The number of thiophene rings is 1. The van der Waals surface area contributed by atoms with E-state index in [4.69, 9.17) is 0 Å². The number of sulfone groups is 1. The second-order valence-electron chi connectivity index (χ2n) is 4.51. The van der Waals surface area contributed by atoms with E-state index in [2.05, 4.69) is 4.98 Å². The van der Waals surface area contributed by atoms with Crippen molar-refractivity contribution in [3.05, 3.63) is 21.8 Å². The van der Waals surface area contributed by atoms with Gasteiger partial charge in [0.15, 0.2) is 15.0 Å². The molecule has 2 aromatic rings. The summed E-state index contributed by atoms with van der Waals surface area (Å²) >= 11 is 2.78. The van der Waals surface area contributed by atoms with Crippen molar-refractivity contribution in [2.75, 3.05) is 11.5 Å². The fourth-order valence-corrected chi connectivity index (χ4v) is 7.24. The third-order valence-electron chi connectivity index (χ3n) is 3.34. The normalized spacial score (nSPS) is 28.4. The molecule has 94 valence electrons. The molecule has 2 aliphatic rings. The van der Waals surface area contributed by atoms with E-state index in [0.29, 0.717) is 15.4 Å². The lowest BCUT2D eigenvalue weighted by Gasteiger charge is -2.09. The molecule has 0 amide bonds. The van der Waals surface area contributed by atoms with E-state index < -0.39 is 9.84 Å². The van der Waals surface area contributed by atoms with Crippen LogP contribution in [0.25, 0.3) is 10.2 Å². The summed E-state index contributed by atoms with van der Waals surface area (Å²) in [6, 6.07) is 1.59. The summed E-state index contributed by atoms with van der Waals surface area (Å²) in [7, 11) is -3.01. The smallest absolute Gasteiger partial charge is 0.272 e. The number of hydrogen-bond acceptors (Lipinski definition) is 6. The lowest BCUT2D eigenvalue weighted by atomic mass is 10.2. The summed E-state index contributed by atoms with van der Waals surface area (Å²) in [5, 5.41) is 2.45. The van der Waals surface area contributed by atoms with Gasteiger partial charge in [-0.05, 0) is 11.4 Å². The van der Waals surface area contributed by atoms with Crippen molar-refractivity contribution in [3.63, 3.8) is 0 Å². The van der Waals surface area contributed by atoms with E-state index in [0.717, 1.165) is 0 Å². The monoisotopic (exact) mass is 300 g/mol. The molecule has 0 saturated carbocycles. The summed E-state index contributed by atoms with van der Waals surface area (Å²) in [6.07, 6.45) is 0. The first-order chi connectivity index (χ1) is 8.55. The molecule has 0 aliphatic carbocycles. The van der Waals surface area contributed by atoms with Crippen molar-refractivity contribution < 1.29 is 8.42 Å². The highest BCUT2D eigenvalue weighted by atomic mass is 32.2. The Morgan fingerprint density at radius 1 is 1.39 bits per heavy atom. The van der Waals surface area contributed by atoms with Crippen LogP contribution in [0.15, 0.2) is 21.4 Å². The minimum absolute atomic E-state index is 0.0493. The van der Waals surface area contributed by atoms with Crippen LogP contribution in [0.1, 0.15) is 6.04 Å². The minimum Gasteiger partial charge on any atom is -0.281 e. The molecule has 5 nitrogen and oxygen atoms in total. The quantitative estimate of drug-likeness (QED) is 0.676. The minimum atomic E-state index is -3.01. The van der Waals surface area contributed by atoms with Crippen LogP contribution in [-0.4, -0.2) is 34.7 Å². The van der Waals surface area contributed by atoms with Crippen molar-refractivity contribution in [3.8, 4) is 0 Å². The van der Waals surface area contributed by atoms with E-state index in [1.807, 2.05) is 11.4 Å². The third-order valence-corrected chi connectivity index (χ3v) is 7.44. The number of aromatic nitrogens is 2. The van der Waals surface area contributed by atoms with Crippen molar-refractivity contribution in [2.24, 2.45) is 0 Å². The lowest BCUT2D eigenvalue weighted by Crippen LogP contribution is -2.26. The Labute approximate surface area is 111 Å². The molecule has 1 fully saturated rings. The average Bonchev–Trinajstić information content (AvgIpc) is 2.90. The van der Waals surface area contributed by atoms with Crippen molar-refractivity contribution >= 4 is 43.2 Å². The number of rotatable bonds is 0. The Balaban J connectivity index is 2.00. The molecule has 1 saturated heterocycles. The average molecular weight is 300 g/mol. The molecule has 0 spiro atoms. The molecule has 2 atom stereocenters. The van der Waals surface area contributed by atoms with Gasteiger partial charge in [0.05, 0.1) is 23.1 Å². The van der Waals surface area contributed by atoms with E-state index in [1.54, 1.807) is 4.57 Å². The zero-order chi connectivity index (χ0) is 12.5. The highest BCUT2D eigenvalue weighted by molar-refractivity contribution is 8.02. The lowest BCUT2D eigenvalue weighted by molar-refractivity contribution is 0.525. The van der Waals surface area contributed by atoms with Gasteiger partial charge in [-0.1, -0.05) is 11.8 Å². The summed E-state index contributed by atoms with van der Waals surface area (Å²) in [5.41, 5.74) is 0.619. The van der Waals surface area contributed by atoms with Crippen molar-refractivity contribution in [2.45, 2.75) is 16.4 Å². The zero-order valence-corrected chi connectivity index (χ0v) is 11.5. The molecule has 18 heavy (non-hydrogen) atoms. The van der Waals surface area contributed by atoms with Gasteiger partial charge in [-0.3, -0.25) is 9.36 Å². The van der Waals surface area contributed by atoms with Gasteiger partial charge in [0, 0.05) is 5.25 Å². The molecule has 4 heterocycles. The standard InChI is InChI=1S/C10H8N2O3S3/c13-9-8-5(1-2-16-8)11-10-12(9)6-3-18(14,15)4-7(6)17-10/h1-2,6-7H,3-4H2/t6-,7-/m0/s1. The van der Waals surface area contributed by atoms with Crippen LogP contribution in [0.5, 0.6) is 0 Å². The maximum absolute atomic E-state index is 12.4. The molecule has 2 aromatic heterocycles. The zero-order valence-electron chi connectivity index (χ0n) is 9.07. The summed E-state index contributed by atoms with van der Waals surface area (Å²) in [6.45, 7) is 0. The molecular formula is C10H8N2O3S3. The van der Waals surface area contributed by atoms with Crippen LogP contribution in [-0.2, 0) is 9.84 Å². The first-order valence-electron chi connectivity index (χ1n) is 5.42. The van der Waals surface area contributed by atoms with E-state index in [-0.39, 0.29) is 28.4 Å². The van der Waals surface area contributed by atoms with Gasteiger partial charge in [-0.25, -0.2) is 13.4 Å². The Morgan fingerprint density at radius 3 is 3.06 bits per heavy atom. The Bertz CT molecular complexity index is 820. The highest BCUT2D eigenvalue weighted by Gasteiger charge is 2.46. The SMILES string of the molecule is O=c1c2sccc2nc2n1[C@H]1CS(=O)(=O)C[C@@H]1S2. The first kappa shape index (κ1) is 11.0. The molecule has 0 aromatic carbocycles. The van der Waals surface area contributed by atoms with Gasteiger partial charge >= 0.3 is 0 Å². The second-order valence-corrected chi connectivity index (χ2v) is 8.78. The van der Waals surface area contributed by atoms with Crippen LogP contribution in [0.2, 0.25) is 0 Å². The molecule has 2 aliphatic heterocycles. The predicted molar refractivity (Wildman–Crippen MR) is 71.2 cm³/mol. The van der Waals surface area contributed by atoms with Crippen LogP contribution in [0.3, 0.4) is 0 Å². The maximum atomic E-state index is 12.4. The Kier molecular flexibility index (Phi) is 2.06. The van der Waals surface area contributed by atoms with Crippen molar-refractivity contribution in [1.29, 1.82) is 0 Å². The highest BCUT2D eigenvalue weighted by Crippen LogP contribution is 2.43. The van der Waals surface area contributed by atoms with Gasteiger partial charge < -0.3 is 0 Å². The second kappa shape index (κ2) is 3.37. The maximum Gasteiger partial charge on any atom is 0.272 e. The fraction of sp³-hybridized carbons (Fsp3) is 0.400. The van der Waals surface area contributed by atoms with Gasteiger partial charge in [0.25, 0.3) is 5.56 Å². The van der Waals surface area contributed by atoms with Crippen LogP contribution in [0, 0.1) is 0 Å². The van der Waals surface area contributed by atoms with Crippen molar-refractivity contribution in [1.82, 2.24) is 9.55 Å². The van der Waals surface area contributed by atoms with E-state index in [1.165, 1.54) is 23.1 Å². The number of fused-ring (bicyclic) bond motifs is 4. The van der Waals surface area contributed by atoms with Crippen LogP contribution >= 0.6 is 23.1 Å². The third kappa shape index (κ3) is 1.36. The molecule has 0 radical (unpaired) electrons.